The van der Waals surface area contributed by atoms with Crippen molar-refractivity contribution in [3.8, 4) is 17.2 Å². The topological polar surface area (TPSA) is 60.7 Å². The summed E-state index contributed by atoms with van der Waals surface area (Å²) in [7, 11) is 0. The molecule has 1 aliphatic rings. The molecule has 3 rings (SSSR count). The van der Waals surface area contributed by atoms with E-state index in [4.69, 9.17) is 0 Å². The van der Waals surface area contributed by atoms with Gasteiger partial charge in [-0.1, -0.05) is 39.0 Å². The van der Waals surface area contributed by atoms with Crippen molar-refractivity contribution >= 4 is 0 Å². The second-order valence-corrected chi connectivity index (χ2v) is 8.18. The summed E-state index contributed by atoms with van der Waals surface area (Å²) in [5.41, 5.74) is 1.76. The summed E-state index contributed by atoms with van der Waals surface area (Å²) in [4.78, 5) is 0. The van der Waals surface area contributed by atoms with Gasteiger partial charge in [-0.05, 0) is 54.4 Å². The molecular weight excluding hydrogens is 300 g/mol. The van der Waals surface area contributed by atoms with E-state index in [2.05, 4.69) is 20.8 Å². The maximum atomic E-state index is 10.6. The Morgan fingerprint density at radius 3 is 2.08 bits per heavy atom. The minimum Gasteiger partial charge on any atom is -0.508 e. The first-order valence-electron chi connectivity index (χ1n) is 8.54. The molecule has 3 nitrogen and oxygen atoms in total. The van der Waals surface area contributed by atoms with Crippen molar-refractivity contribution in [1.29, 1.82) is 0 Å². The minimum absolute atomic E-state index is 0.0697. The highest BCUT2D eigenvalue weighted by Crippen LogP contribution is 2.55. The Hall–Kier alpha value is -2.16. The Morgan fingerprint density at radius 2 is 1.50 bits per heavy atom. The molecule has 1 fully saturated rings. The number of hydrogen-bond donors (Lipinski definition) is 3. The molecule has 0 radical (unpaired) electrons. The first kappa shape index (κ1) is 16.7. The Bertz CT molecular complexity index is 733. The SMILES string of the molecule is CC1CC(C)(C)CC(c2ccc(O)cc2)(c2ccc(O)cc2O)C1. The van der Waals surface area contributed by atoms with Crippen molar-refractivity contribution in [2.75, 3.05) is 0 Å². The van der Waals surface area contributed by atoms with Crippen molar-refractivity contribution in [1.82, 2.24) is 0 Å². The average Bonchev–Trinajstić information content (AvgIpc) is 2.45. The molecule has 0 bridgehead atoms. The second kappa shape index (κ2) is 5.73. The molecule has 1 aliphatic carbocycles. The lowest BCUT2D eigenvalue weighted by molar-refractivity contribution is 0.125. The fourth-order valence-electron chi connectivity index (χ4n) is 4.86. The van der Waals surface area contributed by atoms with E-state index in [9.17, 15) is 15.3 Å². The summed E-state index contributed by atoms with van der Waals surface area (Å²) in [6, 6.07) is 12.2. The molecule has 0 amide bonds. The van der Waals surface area contributed by atoms with Crippen molar-refractivity contribution in [3.63, 3.8) is 0 Å². The zero-order valence-corrected chi connectivity index (χ0v) is 14.6. The van der Waals surface area contributed by atoms with E-state index in [0.29, 0.717) is 5.92 Å². The summed E-state index contributed by atoms with van der Waals surface area (Å²) < 4.78 is 0. The van der Waals surface area contributed by atoms with E-state index in [0.717, 1.165) is 30.4 Å². The molecule has 0 aromatic heterocycles. The lowest BCUT2D eigenvalue weighted by atomic mass is 9.55. The predicted octanol–water partition coefficient (Wildman–Crippen LogP) is 4.94. The van der Waals surface area contributed by atoms with Crippen LogP contribution in [0.15, 0.2) is 42.5 Å². The van der Waals surface area contributed by atoms with Crippen LogP contribution in [0.5, 0.6) is 17.2 Å². The first-order chi connectivity index (χ1) is 11.2. The van der Waals surface area contributed by atoms with E-state index in [1.807, 2.05) is 18.2 Å². The third-order valence-corrected chi connectivity index (χ3v) is 5.30. The Kier molecular flexibility index (Phi) is 3.98. The largest absolute Gasteiger partial charge is 0.508 e. The molecule has 1 saturated carbocycles. The normalized spacial score (nSPS) is 26.2. The maximum Gasteiger partial charge on any atom is 0.123 e. The van der Waals surface area contributed by atoms with Gasteiger partial charge < -0.3 is 15.3 Å². The van der Waals surface area contributed by atoms with Crippen molar-refractivity contribution in [2.45, 2.75) is 45.4 Å². The fourth-order valence-corrected chi connectivity index (χ4v) is 4.86. The maximum absolute atomic E-state index is 10.6. The third-order valence-electron chi connectivity index (χ3n) is 5.30. The lowest BCUT2D eigenvalue weighted by Gasteiger charge is -2.48. The zero-order valence-electron chi connectivity index (χ0n) is 14.6. The van der Waals surface area contributed by atoms with Crippen LogP contribution in [0.25, 0.3) is 0 Å². The van der Waals surface area contributed by atoms with E-state index in [-0.39, 0.29) is 28.1 Å². The average molecular weight is 326 g/mol. The van der Waals surface area contributed by atoms with Gasteiger partial charge in [0.2, 0.25) is 0 Å². The van der Waals surface area contributed by atoms with Gasteiger partial charge >= 0.3 is 0 Å². The van der Waals surface area contributed by atoms with E-state index >= 15 is 0 Å². The number of rotatable bonds is 2. The van der Waals surface area contributed by atoms with Gasteiger partial charge in [-0.3, -0.25) is 0 Å². The van der Waals surface area contributed by atoms with Crippen molar-refractivity contribution in [2.24, 2.45) is 11.3 Å². The molecule has 2 aromatic carbocycles. The Balaban J connectivity index is 2.22. The number of hydrogen-bond acceptors (Lipinski definition) is 3. The summed E-state index contributed by atoms with van der Waals surface area (Å²) >= 11 is 0. The molecule has 2 unspecified atom stereocenters. The van der Waals surface area contributed by atoms with Gasteiger partial charge in [-0.2, -0.15) is 0 Å². The molecular formula is C21H26O3. The number of aromatic hydroxyl groups is 3. The number of phenols is 3. The quantitative estimate of drug-likeness (QED) is 0.733. The van der Waals surface area contributed by atoms with Crippen LogP contribution in [0.3, 0.4) is 0 Å². The van der Waals surface area contributed by atoms with Crippen LogP contribution in [0.4, 0.5) is 0 Å². The zero-order chi connectivity index (χ0) is 17.5. The van der Waals surface area contributed by atoms with Gasteiger partial charge in [-0.25, -0.2) is 0 Å². The van der Waals surface area contributed by atoms with Crippen LogP contribution in [-0.4, -0.2) is 15.3 Å². The number of benzene rings is 2. The smallest absolute Gasteiger partial charge is 0.123 e. The van der Waals surface area contributed by atoms with E-state index in [1.54, 1.807) is 18.2 Å². The Labute approximate surface area is 143 Å². The Morgan fingerprint density at radius 1 is 0.875 bits per heavy atom. The lowest BCUT2D eigenvalue weighted by Crippen LogP contribution is -2.41. The fraction of sp³-hybridized carbons (Fsp3) is 0.429. The van der Waals surface area contributed by atoms with Crippen LogP contribution in [-0.2, 0) is 5.41 Å². The monoisotopic (exact) mass is 326 g/mol. The number of phenolic OH excluding ortho intramolecular Hbond substituents is 3. The van der Waals surface area contributed by atoms with Gasteiger partial charge in [-0.15, -0.1) is 0 Å². The molecule has 0 aliphatic heterocycles. The molecule has 3 N–H and O–H groups in total. The third kappa shape index (κ3) is 2.95. The van der Waals surface area contributed by atoms with Gasteiger partial charge in [0.15, 0.2) is 0 Å². The summed E-state index contributed by atoms with van der Waals surface area (Å²) in [5, 5.41) is 29.9. The van der Waals surface area contributed by atoms with Gasteiger partial charge in [0, 0.05) is 17.0 Å². The summed E-state index contributed by atoms with van der Waals surface area (Å²) in [6.07, 6.45) is 2.98. The highest BCUT2D eigenvalue weighted by atomic mass is 16.3. The second-order valence-electron chi connectivity index (χ2n) is 8.18. The van der Waals surface area contributed by atoms with Crippen LogP contribution in [0, 0.1) is 11.3 Å². The van der Waals surface area contributed by atoms with Crippen molar-refractivity contribution in [3.05, 3.63) is 53.6 Å². The molecule has 2 aromatic rings. The highest BCUT2D eigenvalue weighted by Gasteiger charge is 2.46. The van der Waals surface area contributed by atoms with Gasteiger partial charge in [0.25, 0.3) is 0 Å². The first-order valence-corrected chi connectivity index (χ1v) is 8.54. The molecule has 0 saturated heterocycles. The molecule has 0 heterocycles. The van der Waals surface area contributed by atoms with Crippen LogP contribution in [0.2, 0.25) is 0 Å². The minimum atomic E-state index is -0.327. The predicted molar refractivity (Wildman–Crippen MR) is 95.5 cm³/mol. The summed E-state index contributed by atoms with van der Waals surface area (Å²) in [5.74, 6) is 0.955. The summed E-state index contributed by atoms with van der Waals surface area (Å²) in [6.45, 7) is 6.80. The van der Waals surface area contributed by atoms with Crippen molar-refractivity contribution < 1.29 is 15.3 Å². The standard InChI is InChI=1S/C21H26O3/c1-14-11-20(2,3)13-21(12-14,15-4-6-16(22)7-5-15)18-9-8-17(23)10-19(18)24/h4-10,14,22-24H,11-13H2,1-3H3. The molecule has 24 heavy (non-hydrogen) atoms. The van der Waals surface area contributed by atoms with Crippen LogP contribution >= 0.6 is 0 Å². The molecule has 2 atom stereocenters. The molecule has 128 valence electrons. The van der Waals surface area contributed by atoms with Gasteiger partial charge in [0.1, 0.15) is 17.2 Å². The van der Waals surface area contributed by atoms with E-state index < -0.39 is 0 Å². The van der Waals surface area contributed by atoms with E-state index in [1.165, 1.54) is 6.07 Å². The molecule has 0 spiro atoms. The molecule has 3 heteroatoms. The highest BCUT2D eigenvalue weighted by molar-refractivity contribution is 5.50. The van der Waals surface area contributed by atoms with Crippen LogP contribution in [0.1, 0.15) is 51.2 Å². The van der Waals surface area contributed by atoms with Crippen LogP contribution < -0.4 is 0 Å². The van der Waals surface area contributed by atoms with Gasteiger partial charge in [0.05, 0.1) is 0 Å².